The van der Waals surface area contributed by atoms with Gasteiger partial charge in [-0.2, -0.15) is 0 Å². The summed E-state index contributed by atoms with van der Waals surface area (Å²) in [4.78, 5) is 12.9. The van der Waals surface area contributed by atoms with Crippen LogP contribution in [0.4, 0.5) is 0 Å². The number of carbonyl (C=O) groups is 1. The molecule has 94 valence electrons. The smallest absolute Gasteiger partial charge is 0.202 e. The number of hydrogen-bond donors (Lipinski definition) is 0. The Hall–Kier alpha value is -1.13. The van der Waals surface area contributed by atoms with E-state index in [2.05, 4.69) is 15.9 Å². The average molecular weight is 325 g/mol. The second-order valence-electron chi connectivity index (χ2n) is 4.15. The Kier molecular flexibility index (Phi) is 4.19. The van der Waals surface area contributed by atoms with Crippen LogP contribution < -0.4 is 4.74 Å². The van der Waals surface area contributed by atoms with Crippen LogP contribution in [0.25, 0.3) is 0 Å². The summed E-state index contributed by atoms with van der Waals surface area (Å²) < 4.78 is 6.48. The number of benzene rings is 1. The molecule has 0 saturated heterocycles. The first-order valence-corrected chi connectivity index (χ1v) is 7.29. The zero-order valence-corrected chi connectivity index (χ0v) is 12.5. The van der Waals surface area contributed by atoms with Crippen molar-refractivity contribution in [2.75, 3.05) is 0 Å². The van der Waals surface area contributed by atoms with Crippen molar-refractivity contribution in [3.8, 4) is 5.75 Å². The van der Waals surface area contributed by atoms with E-state index < -0.39 is 0 Å². The van der Waals surface area contributed by atoms with E-state index in [4.69, 9.17) is 4.74 Å². The molecule has 0 spiro atoms. The van der Waals surface area contributed by atoms with Crippen LogP contribution in [0.5, 0.6) is 5.75 Å². The number of ether oxygens (including phenoxy) is 1. The summed E-state index contributed by atoms with van der Waals surface area (Å²) in [7, 11) is 0. The molecule has 0 aliphatic heterocycles. The van der Waals surface area contributed by atoms with Crippen LogP contribution in [0.2, 0.25) is 0 Å². The van der Waals surface area contributed by atoms with Crippen molar-refractivity contribution < 1.29 is 9.53 Å². The summed E-state index contributed by atoms with van der Waals surface area (Å²) in [5, 5.41) is 1.91. The van der Waals surface area contributed by atoms with Crippen LogP contribution in [0, 0.1) is 0 Å². The Morgan fingerprint density at radius 1 is 1.28 bits per heavy atom. The van der Waals surface area contributed by atoms with Gasteiger partial charge in [0.1, 0.15) is 5.75 Å². The lowest BCUT2D eigenvalue weighted by Gasteiger charge is -2.09. The van der Waals surface area contributed by atoms with Gasteiger partial charge in [0.2, 0.25) is 5.78 Å². The number of rotatable bonds is 4. The maximum absolute atomic E-state index is 12.1. The zero-order chi connectivity index (χ0) is 13.1. The fraction of sp³-hybridized carbons (Fsp3) is 0.214. The van der Waals surface area contributed by atoms with Gasteiger partial charge in [0.05, 0.1) is 11.0 Å². The van der Waals surface area contributed by atoms with Crippen molar-refractivity contribution in [2.45, 2.75) is 20.0 Å². The number of ketones is 1. The monoisotopic (exact) mass is 324 g/mol. The Bertz CT molecular complexity index is 543. The van der Waals surface area contributed by atoms with Crippen LogP contribution in [-0.4, -0.2) is 11.9 Å². The molecular weight excluding hydrogens is 312 g/mol. The van der Waals surface area contributed by atoms with Gasteiger partial charge in [-0.05, 0) is 60.1 Å². The van der Waals surface area contributed by atoms with Crippen LogP contribution in [0.1, 0.15) is 29.1 Å². The third-order valence-electron chi connectivity index (χ3n) is 2.28. The van der Waals surface area contributed by atoms with E-state index in [1.54, 1.807) is 12.1 Å². The summed E-state index contributed by atoms with van der Waals surface area (Å²) in [6, 6.07) is 9.10. The first kappa shape index (κ1) is 13.3. The minimum Gasteiger partial charge on any atom is -0.491 e. The molecule has 0 atom stereocenters. The van der Waals surface area contributed by atoms with E-state index in [0.29, 0.717) is 5.56 Å². The second kappa shape index (κ2) is 5.67. The molecule has 1 aromatic heterocycles. The van der Waals surface area contributed by atoms with Crippen molar-refractivity contribution >= 4 is 33.0 Å². The fourth-order valence-corrected chi connectivity index (χ4v) is 2.92. The van der Waals surface area contributed by atoms with E-state index in [1.165, 1.54) is 11.3 Å². The number of hydrogen-bond acceptors (Lipinski definition) is 3. The molecular formula is C14H13BrO2S. The van der Waals surface area contributed by atoms with Crippen molar-refractivity contribution in [3.63, 3.8) is 0 Å². The molecule has 1 aromatic carbocycles. The molecule has 0 fully saturated rings. The topological polar surface area (TPSA) is 26.3 Å². The van der Waals surface area contributed by atoms with Gasteiger partial charge in [-0.15, -0.1) is 11.3 Å². The Labute approximate surface area is 119 Å². The standard InChI is InChI=1S/C14H13BrO2S/c1-9(2)17-12-5-3-10(4-6-12)14(16)13-7-11(15)8-18-13/h3-9H,1-2H3. The summed E-state index contributed by atoms with van der Waals surface area (Å²) in [6.07, 6.45) is 0.139. The zero-order valence-electron chi connectivity index (χ0n) is 10.1. The quantitative estimate of drug-likeness (QED) is 0.772. The van der Waals surface area contributed by atoms with Gasteiger partial charge in [0.25, 0.3) is 0 Å². The molecule has 0 N–H and O–H groups in total. The van der Waals surface area contributed by atoms with Gasteiger partial charge in [0.15, 0.2) is 0 Å². The molecule has 0 aliphatic carbocycles. The van der Waals surface area contributed by atoms with Crippen molar-refractivity contribution in [2.24, 2.45) is 0 Å². The summed E-state index contributed by atoms with van der Waals surface area (Å²) in [6.45, 7) is 3.95. The number of carbonyl (C=O) groups excluding carboxylic acids is 1. The highest BCUT2D eigenvalue weighted by Gasteiger charge is 2.11. The maximum atomic E-state index is 12.1. The highest BCUT2D eigenvalue weighted by atomic mass is 79.9. The van der Waals surface area contributed by atoms with Gasteiger partial charge in [-0.3, -0.25) is 4.79 Å². The third-order valence-corrected chi connectivity index (χ3v) is 3.97. The Morgan fingerprint density at radius 2 is 1.94 bits per heavy atom. The van der Waals surface area contributed by atoms with Gasteiger partial charge in [0, 0.05) is 15.4 Å². The van der Waals surface area contributed by atoms with E-state index in [0.717, 1.165) is 15.1 Å². The van der Waals surface area contributed by atoms with Crippen molar-refractivity contribution in [1.29, 1.82) is 0 Å². The number of thiophene rings is 1. The lowest BCUT2D eigenvalue weighted by atomic mass is 10.1. The lowest BCUT2D eigenvalue weighted by molar-refractivity contribution is 0.104. The van der Waals surface area contributed by atoms with Crippen LogP contribution in [0.15, 0.2) is 40.2 Å². The van der Waals surface area contributed by atoms with Gasteiger partial charge < -0.3 is 4.74 Å². The summed E-state index contributed by atoms with van der Waals surface area (Å²) in [5.41, 5.74) is 0.681. The molecule has 0 unspecified atom stereocenters. The molecule has 2 aromatic rings. The molecule has 0 saturated carbocycles. The SMILES string of the molecule is CC(C)Oc1ccc(C(=O)c2cc(Br)cs2)cc1. The molecule has 4 heteroatoms. The summed E-state index contributed by atoms with van der Waals surface area (Å²) in [5.74, 6) is 0.829. The van der Waals surface area contributed by atoms with Crippen molar-refractivity contribution in [1.82, 2.24) is 0 Å². The van der Waals surface area contributed by atoms with Gasteiger partial charge >= 0.3 is 0 Å². The molecule has 1 heterocycles. The molecule has 0 bridgehead atoms. The number of halogens is 1. The average Bonchev–Trinajstić information content (AvgIpc) is 2.75. The highest BCUT2D eigenvalue weighted by molar-refractivity contribution is 9.10. The molecule has 2 nitrogen and oxygen atoms in total. The minimum atomic E-state index is 0.0433. The molecule has 0 aliphatic rings. The van der Waals surface area contributed by atoms with E-state index in [1.807, 2.05) is 37.4 Å². The second-order valence-corrected chi connectivity index (χ2v) is 5.98. The third kappa shape index (κ3) is 3.21. The fourth-order valence-electron chi connectivity index (χ4n) is 1.53. The summed E-state index contributed by atoms with van der Waals surface area (Å²) >= 11 is 4.79. The van der Waals surface area contributed by atoms with E-state index in [-0.39, 0.29) is 11.9 Å². The Morgan fingerprint density at radius 3 is 2.44 bits per heavy atom. The largest absolute Gasteiger partial charge is 0.491 e. The predicted molar refractivity (Wildman–Crippen MR) is 77.7 cm³/mol. The molecule has 0 radical (unpaired) electrons. The van der Waals surface area contributed by atoms with Crippen molar-refractivity contribution in [3.05, 3.63) is 50.6 Å². The van der Waals surface area contributed by atoms with Crippen LogP contribution in [-0.2, 0) is 0 Å². The maximum Gasteiger partial charge on any atom is 0.202 e. The normalized spacial score (nSPS) is 10.7. The minimum absolute atomic E-state index is 0.0433. The molecule has 0 amide bonds. The first-order valence-electron chi connectivity index (χ1n) is 5.61. The van der Waals surface area contributed by atoms with Gasteiger partial charge in [-0.1, -0.05) is 0 Å². The van der Waals surface area contributed by atoms with Crippen LogP contribution in [0.3, 0.4) is 0 Å². The molecule has 2 rings (SSSR count). The lowest BCUT2D eigenvalue weighted by Crippen LogP contribution is -2.06. The van der Waals surface area contributed by atoms with Gasteiger partial charge in [-0.25, -0.2) is 0 Å². The first-order chi connectivity index (χ1) is 8.56. The van der Waals surface area contributed by atoms with E-state index >= 15 is 0 Å². The van der Waals surface area contributed by atoms with Crippen LogP contribution >= 0.6 is 27.3 Å². The highest BCUT2D eigenvalue weighted by Crippen LogP contribution is 2.23. The Balaban J connectivity index is 2.17. The predicted octanol–water partition coefficient (Wildman–Crippen LogP) is 4.53. The molecule has 18 heavy (non-hydrogen) atoms. The van der Waals surface area contributed by atoms with E-state index in [9.17, 15) is 4.79 Å².